The largest absolute Gasteiger partial charge is 0.480 e. The van der Waals surface area contributed by atoms with Crippen LogP contribution in [0.3, 0.4) is 0 Å². The number of carbonyl (C=O) groups is 1. The number of benzene rings is 1. The van der Waals surface area contributed by atoms with Crippen molar-refractivity contribution in [1.82, 2.24) is 4.90 Å². The van der Waals surface area contributed by atoms with E-state index in [-0.39, 0.29) is 0 Å². The van der Waals surface area contributed by atoms with E-state index in [1.807, 2.05) is 12.1 Å². The van der Waals surface area contributed by atoms with Crippen LogP contribution in [-0.2, 0) is 11.3 Å². The van der Waals surface area contributed by atoms with E-state index < -0.39 is 11.5 Å². The van der Waals surface area contributed by atoms with Gasteiger partial charge in [-0.1, -0.05) is 19.4 Å². The van der Waals surface area contributed by atoms with Gasteiger partial charge in [0.15, 0.2) is 0 Å². The number of carboxylic acid groups (broad SMARTS) is 1. The summed E-state index contributed by atoms with van der Waals surface area (Å²) in [7, 11) is 0. The van der Waals surface area contributed by atoms with Gasteiger partial charge in [0.1, 0.15) is 5.54 Å². The third-order valence-electron chi connectivity index (χ3n) is 4.04. The summed E-state index contributed by atoms with van der Waals surface area (Å²) >= 11 is 6.96. The van der Waals surface area contributed by atoms with Crippen LogP contribution in [0, 0.1) is 0 Å². The zero-order chi connectivity index (χ0) is 14.8. The van der Waals surface area contributed by atoms with E-state index in [2.05, 4.69) is 49.7 Å². The fourth-order valence-electron chi connectivity index (χ4n) is 3.07. The molecule has 0 saturated carbocycles. The van der Waals surface area contributed by atoms with Crippen molar-refractivity contribution in [3.8, 4) is 0 Å². The standard InChI is InChI=1S/C15H19Br2NO2/c1-2-6-15(14(19)20)7-3-8-18(15)10-11-4-5-12(16)13(17)9-11/h4-5,9H,2-3,6-8,10H2,1H3,(H,19,20). The summed E-state index contributed by atoms with van der Waals surface area (Å²) in [6, 6.07) is 6.10. The molecule has 1 fully saturated rings. The molecule has 1 atom stereocenters. The Kier molecular flexibility index (Phi) is 5.26. The number of aliphatic carboxylic acids is 1. The number of carboxylic acids is 1. The van der Waals surface area contributed by atoms with Crippen molar-refractivity contribution in [2.45, 2.75) is 44.7 Å². The van der Waals surface area contributed by atoms with Gasteiger partial charge in [0, 0.05) is 15.5 Å². The molecule has 2 rings (SSSR count). The Hall–Kier alpha value is -0.390. The van der Waals surface area contributed by atoms with E-state index in [9.17, 15) is 9.90 Å². The van der Waals surface area contributed by atoms with E-state index in [0.717, 1.165) is 46.7 Å². The molecule has 3 nitrogen and oxygen atoms in total. The van der Waals surface area contributed by atoms with Gasteiger partial charge >= 0.3 is 5.97 Å². The maximum absolute atomic E-state index is 11.8. The van der Waals surface area contributed by atoms with E-state index in [4.69, 9.17) is 0 Å². The van der Waals surface area contributed by atoms with Crippen LogP contribution in [0.5, 0.6) is 0 Å². The SMILES string of the molecule is CCCC1(C(=O)O)CCCN1Cc1ccc(Br)c(Br)c1. The lowest BCUT2D eigenvalue weighted by Crippen LogP contribution is -2.49. The predicted molar refractivity (Wildman–Crippen MR) is 86.8 cm³/mol. The summed E-state index contributed by atoms with van der Waals surface area (Å²) < 4.78 is 2.02. The van der Waals surface area contributed by atoms with Crippen LogP contribution in [0.4, 0.5) is 0 Å². The van der Waals surface area contributed by atoms with Crippen molar-refractivity contribution in [2.24, 2.45) is 0 Å². The second kappa shape index (κ2) is 6.58. The van der Waals surface area contributed by atoms with Gasteiger partial charge in [0.05, 0.1) is 0 Å². The lowest BCUT2D eigenvalue weighted by atomic mass is 9.90. The van der Waals surface area contributed by atoms with Crippen molar-refractivity contribution in [3.63, 3.8) is 0 Å². The summed E-state index contributed by atoms with van der Waals surface area (Å²) in [5.74, 6) is -0.673. The molecule has 20 heavy (non-hydrogen) atoms. The molecular formula is C15H19Br2NO2. The maximum Gasteiger partial charge on any atom is 0.324 e. The van der Waals surface area contributed by atoms with Gasteiger partial charge < -0.3 is 5.11 Å². The van der Waals surface area contributed by atoms with Crippen molar-refractivity contribution >= 4 is 37.8 Å². The minimum atomic E-state index is -0.673. The molecular weight excluding hydrogens is 386 g/mol. The summed E-state index contributed by atoms with van der Waals surface area (Å²) in [6.45, 7) is 3.61. The van der Waals surface area contributed by atoms with Gasteiger partial charge in [-0.25, -0.2) is 0 Å². The molecule has 0 aliphatic carbocycles. The lowest BCUT2D eigenvalue weighted by Gasteiger charge is -2.34. The van der Waals surface area contributed by atoms with E-state index in [0.29, 0.717) is 6.54 Å². The van der Waals surface area contributed by atoms with Crippen molar-refractivity contribution in [3.05, 3.63) is 32.7 Å². The number of rotatable bonds is 5. The Morgan fingerprint density at radius 2 is 2.15 bits per heavy atom. The molecule has 0 amide bonds. The Morgan fingerprint density at radius 1 is 1.40 bits per heavy atom. The fraction of sp³-hybridized carbons (Fsp3) is 0.533. The van der Waals surface area contributed by atoms with Gasteiger partial charge in [-0.05, 0) is 75.4 Å². The summed E-state index contributed by atoms with van der Waals surface area (Å²) in [5.41, 5.74) is 0.470. The van der Waals surface area contributed by atoms with Crippen LogP contribution in [-0.4, -0.2) is 28.1 Å². The van der Waals surface area contributed by atoms with E-state index in [1.165, 1.54) is 0 Å². The second-order valence-electron chi connectivity index (χ2n) is 5.36. The predicted octanol–water partition coefficient (Wildman–Crippen LogP) is 4.43. The Labute approximate surface area is 136 Å². The van der Waals surface area contributed by atoms with E-state index in [1.54, 1.807) is 0 Å². The third kappa shape index (κ3) is 3.10. The van der Waals surface area contributed by atoms with Gasteiger partial charge in [0.25, 0.3) is 0 Å². The topological polar surface area (TPSA) is 40.5 Å². The van der Waals surface area contributed by atoms with Crippen molar-refractivity contribution in [1.29, 1.82) is 0 Å². The number of hydrogen-bond donors (Lipinski definition) is 1. The first-order valence-corrected chi connectivity index (χ1v) is 8.50. The minimum Gasteiger partial charge on any atom is -0.480 e. The highest BCUT2D eigenvalue weighted by atomic mass is 79.9. The first-order valence-electron chi connectivity index (χ1n) is 6.92. The van der Waals surface area contributed by atoms with Crippen LogP contribution in [0.2, 0.25) is 0 Å². The molecule has 0 spiro atoms. The maximum atomic E-state index is 11.8. The molecule has 110 valence electrons. The molecule has 1 heterocycles. The summed E-state index contributed by atoms with van der Waals surface area (Å²) in [4.78, 5) is 13.9. The van der Waals surface area contributed by atoms with Crippen LogP contribution in [0.25, 0.3) is 0 Å². The second-order valence-corrected chi connectivity index (χ2v) is 7.07. The third-order valence-corrected chi connectivity index (χ3v) is 5.92. The fourth-order valence-corrected chi connectivity index (χ4v) is 3.74. The number of halogens is 2. The average molecular weight is 405 g/mol. The molecule has 1 aromatic carbocycles. The molecule has 1 saturated heterocycles. The average Bonchev–Trinajstić information content (AvgIpc) is 2.79. The zero-order valence-electron chi connectivity index (χ0n) is 11.5. The van der Waals surface area contributed by atoms with Gasteiger partial charge in [0.2, 0.25) is 0 Å². The van der Waals surface area contributed by atoms with Gasteiger partial charge in [-0.15, -0.1) is 0 Å². The monoisotopic (exact) mass is 403 g/mol. The minimum absolute atomic E-state index is 0.672. The highest BCUT2D eigenvalue weighted by Crippen LogP contribution is 2.36. The molecule has 0 bridgehead atoms. The normalized spacial score (nSPS) is 23.1. The zero-order valence-corrected chi connectivity index (χ0v) is 14.7. The quantitative estimate of drug-likeness (QED) is 0.788. The highest BCUT2D eigenvalue weighted by Gasteiger charge is 2.46. The molecule has 0 aromatic heterocycles. The van der Waals surface area contributed by atoms with Crippen LogP contribution in [0.15, 0.2) is 27.1 Å². The summed E-state index contributed by atoms with van der Waals surface area (Å²) in [5, 5.41) is 9.68. The Balaban J connectivity index is 2.22. The molecule has 1 unspecified atom stereocenters. The molecule has 1 N–H and O–H groups in total. The number of nitrogens with zero attached hydrogens (tertiary/aromatic N) is 1. The molecule has 0 radical (unpaired) electrons. The first-order chi connectivity index (χ1) is 9.49. The van der Waals surface area contributed by atoms with Crippen molar-refractivity contribution in [2.75, 3.05) is 6.54 Å². The van der Waals surface area contributed by atoms with Crippen LogP contribution in [0.1, 0.15) is 38.2 Å². The molecule has 1 aromatic rings. The van der Waals surface area contributed by atoms with Crippen LogP contribution >= 0.6 is 31.9 Å². The Bertz CT molecular complexity index is 507. The number of hydrogen-bond acceptors (Lipinski definition) is 2. The highest BCUT2D eigenvalue weighted by molar-refractivity contribution is 9.13. The smallest absolute Gasteiger partial charge is 0.324 e. The van der Waals surface area contributed by atoms with Crippen molar-refractivity contribution < 1.29 is 9.90 Å². The molecule has 1 aliphatic rings. The molecule has 1 aliphatic heterocycles. The first kappa shape index (κ1) is 16.0. The number of likely N-dealkylation sites (tertiary alicyclic amines) is 1. The van der Waals surface area contributed by atoms with Crippen LogP contribution < -0.4 is 0 Å². The Morgan fingerprint density at radius 3 is 2.75 bits per heavy atom. The van der Waals surface area contributed by atoms with E-state index >= 15 is 0 Å². The van der Waals surface area contributed by atoms with Gasteiger partial charge in [-0.3, -0.25) is 9.69 Å². The molecule has 5 heteroatoms. The summed E-state index contributed by atoms with van der Waals surface area (Å²) in [6.07, 6.45) is 3.34. The lowest BCUT2D eigenvalue weighted by molar-refractivity contribution is -0.150. The van der Waals surface area contributed by atoms with Gasteiger partial charge in [-0.2, -0.15) is 0 Å².